The molecule has 5 rings (SSSR count). The molecule has 3 aromatic carbocycles. The van der Waals surface area contributed by atoms with Gasteiger partial charge < -0.3 is 23.7 Å². The number of piperidine rings is 1. The largest absolute Gasteiger partial charge is 0.493 e. The maximum atomic E-state index is 13.3. The number of methoxy groups -OCH3 is 2. The van der Waals surface area contributed by atoms with E-state index in [-0.39, 0.29) is 5.91 Å². The molecule has 4 aromatic rings. The molecule has 0 spiro atoms. The van der Waals surface area contributed by atoms with E-state index in [1.54, 1.807) is 26.4 Å². The topological polar surface area (TPSA) is 65.8 Å². The van der Waals surface area contributed by atoms with E-state index in [2.05, 4.69) is 10.6 Å². The Hall–Kier alpha value is -4.00. The number of hydrogen-bond donors (Lipinski definition) is 0. The Morgan fingerprint density at radius 2 is 1.67 bits per heavy atom. The van der Waals surface area contributed by atoms with E-state index in [1.807, 2.05) is 59.5 Å². The zero-order chi connectivity index (χ0) is 24.9. The highest BCUT2D eigenvalue weighted by atomic mass is 16.5. The summed E-state index contributed by atoms with van der Waals surface area (Å²) in [4.78, 5) is 20.1. The zero-order valence-electron chi connectivity index (χ0n) is 20.7. The van der Waals surface area contributed by atoms with E-state index in [1.165, 1.54) is 0 Å². The summed E-state index contributed by atoms with van der Waals surface area (Å²) in [5.74, 6) is 3.22. The van der Waals surface area contributed by atoms with Gasteiger partial charge in [-0.15, -0.1) is 0 Å². The number of rotatable bonds is 8. The summed E-state index contributed by atoms with van der Waals surface area (Å²) in [5.41, 5.74) is 2.63. The Labute approximate surface area is 211 Å². The summed E-state index contributed by atoms with van der Waals surface area (Å²) in [6, 6.07) is 23.5. The molecular weight excluding hydrogens is 454 g/mol. The lowest BCUT2D eigenvalue weighted by atomic mass is 9.96. The monoisotopic (exact) mass is 485 g/mol. The van der Waals surface area contributed by atoms with Crippen LogP contribution in [0.2, 0.25) is 0 Å². The van der Waals surface area contributed by atoms with Gasteiger partial charge in [-0.2, -0.15) is 0 Å². The molecular formula is C29H31N3O4. The van der Waals surface area contributed by atoms with Crippen LogP contribution in [0.15, 0.2) is 72.8 Å². The number of ether oxygens (including phenoxy) is 3. The number of likely N-dealkylation sites (tertiary alicyclic amines) is 1. The Balaban J connectivity index is 1.28. The van der Waals surface area contributed by atoms with Gasteiger partial charge in [-0.1, -0.05) is 36.4 Å². The van der Waals surface area contributed by atoms with Gasteiger partial charge in [0.25, 0.3) is 5.91 Å². The van der Waals surface area contributed by atoms with Crippen LogP contribution in [0, 0.1) is 5.92 Å². The maximum Gasteiger partial charge on any atom is 0.257 e. The number of carbonyl (C=O) groups is 1. The molecule has 1 aliphatic heterocycles. The number of hydrogen-bond acceptors (Lipinski definition) is 5. The minimum Gasteiger partial charge on any atom is -0.493 e. The molecule has 186 valence electrons. The van der Waals surface area contributed by atoms with Gasteiger partial charge in [-0.3, -0.25) is 4.79 Å². The molecule has 0 radical (unpaired) electrons. The highest BCUT2D eigenvalue weighted by molar-refractivity contribution is 5.97. The second-order valence-corrected chi connectivity index (χ2v) is 9.01. The second kappa shape index (κ2) is 10.7. The molecule has 0 N–H and O–H groups in total. The standard InChI is InChI=1S/C29H31N3O4/c1-34-26-14-8-11-23(28(26)35-2)29(33)31-17-15-21(16-18-31)19-32-25-13-7-6-12-24(25)30-27(32)20-36-22-9-4-3-5-10-22/h3-14,21H,15-20H2,1-2H3. The molecule has 0 bridgehead atoms. The number of benzene rings is 3. The van der Waals surface area contributed by atoms with Crippen LogP contribution in [-0.4, -0.2) is 47.7 Å². The minimum atomic E-state index is -0.0192. The Kier molecular flexibility index (Phi) is 7.07. The summed E-state index contributed by atoms with van der Waals surface area (Å²) < 4.78 is 19.2. The third kappa shape index (κ3) is 4.87. The van der Waals surface area contributed by atoms with E-state index in [0.29, 0.717) is 42.7 Å². The van der Waals surface area contributed by atoms with Gasteiger partial charge in [0.15, 0.2) is 11.5 Å². The fourth-order valence-electron chi connectivity index (χ4n) is 4.91. The average Bonchev–Trinajstić information content (AvgIpc) is 3.29. The lowest BCUT2D eigenvalue weighted by Gasteiger charge is -2.33. The third-order valence-corrected chi connectivity index (χ3v) is 6.82. The lowest BCUT2D eigenvalue weighted by molar-refractivity contribution is 0.0678. The van der Waals surface area contributed by atoms with Crippen molar-refractivity contribution in [3.05, 3.63) is 84.2 Å². The first-order chi connectivity index (χ1) is 17.7. The SMILES string of the molecule is COc1cccc(C(=O)N2CCC(Cn3c(COc4ccccc4)nc4ccccc43)CC2)c1OC. The van der Waals surface area contributed by atoms with Crippen molar-refractivity contribution in [1.29, 1.82) is 0 Å². The fraction of sp³-hybridized carbons (Fsp3) is 0.310. The van der Waals surface area contributed by atoms with Crippen LogP contribution in [0.4, 0.5) is 0 Å². The van der Waals surface area contributed by atoms with Crippen LogP contribution in [-0.2, 0) is 13.2 Å². The highest BCUT2D eigenvalue weighted by Gasteiger charge is 2.27. The van der Waals surface area contributed by atoms with Crippen LogP contribution in [0.25, 0.3) is 11.0 Å². The van der Waals surface area contributed by atoms with Crippen LogP contribution in [0.1, 0.15) is 29.0 Å². The minimum absolute atomic E-state index is 0.0192. The number of para-hydroxylation sites is 4. The highest BCUT2D eigenvalue weighted by Crippen LogP contribution is 2.33. The summed E-state index contributed by atoms with van der Waals surface area (Å²) in [6.07, 6.45) is 1.84. The summed E-state index contributed by atoms with van der Waals surface area (Å²) in [6.45, 7) is 2.66. The Morgan fingerprint density at radius 3 is 2.42 bits per heavy atom. The molecule has 7 nitrogen and oxygen atoms in total. The first-order valence-corrected chi connectivity index (χ1v) is 12.3. The molecule has 0 unspecified atom stereocenters. The van der Waals surface area contributed by atoms with Gasteiger partial charge >= 0.3 is 0 Å². The zero-order valence-corrected chi connectivity index (χ0v) is 20.7. The van der Waals surface area contributed by atoms with Crippen molar-refractivity contribution in [3.63, 3.8) is 0 Å². The van der Waals surface area contributed by atoms with Crippen LogP contribution < -0.4 is 14.2 Å². The quantitative estimate of drug-likeness (QED) is 0.344. The van der Waals surface area contributed by atoms with Gasteiger partial charge in [-0.05, 0) is 55.2 Å². The average molecular weight is 486 g/mol. The molecule has 1 aromatic heterocycles. The molecule has 0 aliphatic carbocycles. The van der Waals surface area contributed by atoms with Gasteiger partial charge in [0.05, 0.1) is 30.8 Å². The lowest BCUT2D eigenvalue weighted by Crippen LogP contribution is -2.39. The fourth-order valence-corrected chi connectivity index (χ4v) is 4.91. The van der Waals surface area contributed by atoms with Crippen molar-refractivity contribution in [2.75, 3.05) is 27.3 Å². The summed E-state index contributed by atoms with van der Waals surface area (Å²) in [5, 5.41) is 0. The molecule has 36 heavy (non-hydrogen) atoms. The Bertz CT molecular complexity index is 1330. The molecule has 1 aliphatic rings. The first kappa shape index (κ1) is 23.7. The van der Waals surface area contributed by atoms with E-state index >= 15 is 0 Å². The van der Waals surface area contributed by atoms with Crippen molar-refractivity contribution in [1.82, 2.24) is 14.5 Å². The molecule has 0 saturated carbocycles. The van der Waals surface area contributed by atoms with Crippen molar-refractivity contribution in [2.45, 2.75) is 26.0 Å². The maximum absolute atomic E-state index is 13.3. The summed E-state index contributed by atoms with van der Waals surface area (Å²) in [7, 11) is 3.14. The first-order valence-electron chi connectivity index (χ1n) is 12.3. The van der Waals surface area contributed by atoms with Crippen LogP contribution in [0.5, 0.6) is 17.2 Å². The predicted molar refractivity (Wildman–Crippen MR) is 139 cm³/mol. The van der Waals surface area contributed by atoms with Crippen molar-refractivity contribution in [2.24, 2.45) is 5.92 Å². The molecule has 1 fully saturated rings. The van der Waals surface area contributed by atoms with E-state index in [9.17, 15) is 4.79 Å². The smallest absolute Gasteiger partial charge is 0.257 e. The van der Waals surface area contributed by atoms with Gasteiger partial charge in [0.2, 0.25) is 0 Å². The van der Waals surface area contributed by atoms with Crippen LogP contribution in [0.3, 0.4) is 0 Å². The Morgan fingerprint density at radius 1 is 0.917 bits per heavy atom. The van der Waals surface area contributed by atoms with E-state index in [0.717, 1.165) is 42.0 Å². The molecule has 1 saturated heterocycles. The molecule has 0 atom stereocenters. The summed E-state index contributed by atoms with van der Waals surface area (Å²) >= 11 is 0. The number of carbonyl (C=O) groups excluding carboxylic acids is 1. The number of fused-ring (bicyclic) bond motifs is 1. The van der Waals surface area contributed by atoms with Crippen LogP contribution >= 0.6 is 0 Å². The number of amides is 1. The van der Waals surface area contributed by atoms with E-state index < -0.39 is 0 Å². The van der Waals surface area contributed by atoms with Gasteiger partial charge in [0.1, 0.15) is 18.2 Å². The van der Waals surface area contributed by atoms with Crippen molar-refractivity contribution in [3.8, 4) is 17.2 Å². The number of aromatic nitrogens is 2. The predicted octanol–water partition coefficient (Wildman–Crippen LogP) is 5.18. The van der Waals surface area contributed by atoms with Gasteiger partial charge in [-0.25, -0.2) is 4.98 Å². The third-order valence-electron chi connectivity index (χ3n) is 6.82. The molecule has 2 heterocycles. The number of imidazole rings is 1. The number of nitrogens with zero attached hydrogens (tertiary/aromatic N) is 3. The molecule has 1 amide bonds. The van der Waals surface area contributed by atoms with Gasteiger partial charge in [0, 0.05) is 19.6 Å². The van der Waals surface area contributed by atoms with Crippen molar-refractivity contribution >= 4 is 16.9 Å². The van der Waals surface area contributed by atoms with E-state index in [4.69, 9.17) is 19.2 Å². The molecule has 7 heteroatoms. The normalized spacial score (nSPS) is 14.1. The second-order valence-electron chi connectivity index (χ2n) is 9.01. The van der Waals surface area contributed by atoms with Crippen molar-refractivity contribution < 1.29 is 19.0 Å².